The molecule has 2 rings (SSSR count). The van der Waals surface area contributed by atoms with Gasteiger partial charge in [0.05, 0.1) is 11.4 Å². The zero-order chi connectivity index (χ0) is 9.42. The van der Waals surface area contributed by atoms with Crippen molar-refractivity contribution in [1.29, 1.82) is 0 Å². The Balaban J connectivity index is 2.63. The van der Waals surface area contributed by atoms with Crippen LogP contribution in [0.2, 0.25) is 0 Å². The number of aryl methyl sites for hydroxylation is 1. The number of hydrogen-bond donors (Lipinski definition) is 1. The Morgan fingerprint density at radius 1 is 1.77 bits per heavy atom. The van der Waals surface area contributed by atoms with E-state index in [0.29, 0.717) is 5.33 Å². The molecule has 0 bridgehead atoms. The lowest BCUT2D eigenvalue weighted by atomic mass is 10.2. The van der Waals surface area contributed by atoms with Gasteiger partial charge in [0.25, 0.3) is 0 Å². The summed E-state index contributed by atoms with van der Waals surface area (Å²) in [5.41, 5.74) is 1.78. The van der Waals surface area contributed by atoms with Gasteiger partial charge in [-0.25, -0.2) is 4.98 Å². The van der Waals surface area contributed by atoms with Crippen LogP contribution in [-0.4, -0.2) is 19.8 Å². The topological polar surface area (TPSA) is 37.5 Å². The van der Waals surface area contributed by atoms with Gasteiger partial charge in [-0.1, -0.05) is 15.9 Å². The third-order valence-electron chi connectivity index (χ3n) is 1.94. The minimum atomic E-state index is -0.482. The van der Waals surface area contributed by atoms with Crippen molar-refractivity contribution in [3.63, 3.8) is 0 Å². The Labute approximate surface area is 88.2 Å². The fraction of sp³-hybridized carbons (Fsp3) is 0.375. The van der Waals surface area contributed by atoms with E-state index in [9.17, 15) is 5.11 Å². The van der Waals surface area contributed by atoms with Gasteiger partial charge < -0.3 is 5.11 Å². The zero-order valence-corrected chi connectivity index (χ0v) is 9.47. The first kappa shape index (κ1) is 9.18. The quantitative estimate of drug-likeness (QED) is 0.841. The lowest BCUT2D eigenvalue weighted by Gasteiger charge is -2.05. The molecule has 0 radical (unpaired) electrons. The number of imidazole rings is 1. The number of alkyl halides is 1. The van der Waals surface area contributed by atoms with Crippen LogP contribution in [0.1, 0.15) is 17.5 Å². The van der Waals surface area contributed by atoms with Crippen LogP contribution in [0.3, 0.4) is 0 Å². The molecule has 0 fully saturated rings. The molecule has 0 aromatic carbocycles. The average molecular weight is 261 g/mol. The van der Waals surface area contributed by atoms with Crippen molar-refractivity contribution < 1.29 is 5.11 Å². The summed E-state index contributed by atoms with van der Waals surface area (Å²) in [6, 6.07) is 0. The summed E-state index contributed by atoms with van der Waals surface area (Å²) in [7, 11) is 0. The summed E-state index contributed by atoms with van der Waals surface area (Å²) < 4.78 is 1.94. The second kappa shape index (κ2) is 3.40. The number of aromatic nitrogens is 2. The van der Waals surface area contributed by atoms with Crippen LogP contribution < -0.4 is 0 Å². The van der Waals surface area contributed by atoms with Gasteiger partial charge in [-0.05, 0) is 6.92 Å². The lowest BCUT2D eigenvalue weighted by molar-refractivity contribution is 0.198. The van der Waals surface area contributed by atoms with E-state index in [1.165, 1.54) is 0 Å². The van der Waals surface area contributed by atoms with E-state index in [0.717, 1.165) is 16.3 Å². The predicted octanol–water partition coefficient (Wildman–Crippen LogP) is 2.13. The molecule has 3 nitrogen and oxygen atoms in total. The number of thiazole rings is 1. The van der Waals surface area contributed by atoms with Gasteiger partial charge in [-0.3, -0.25) is 4.40 Å². The molecule has 70 valence electrons. The molecule has 0 amide bonds. The summed E-state index contributed by atoms with van der Waals surface area (Å²) >= 11 is 4.83. The normalized spacial score (nSPS) is 13.8. The van der Waals surface area contributed by atoms with Gasteiger partial charge in [-0.15, -0.1) is 11.3 Å². The number of nitrogens with zero attached hydrogens (tertiary/aromatic N) is 2. The second-order valence-electron chi connectivity index (χ2n) is 2.81. The standard InChI is InChI=1S/C8H9BrN2OS/c1-5-7(6(12)4-9)11-2-3-13-8(11)10-5/h2-3,6,12H,4H2,1H3. The third kappa shape index (κ3) is 1.41. The van der Waals surface area contributed by atoms with Gasteiger partial charge in [0.1, 0.15) is 6.10 Å². The van der Waals surface area contributed by atoms with E-state index in [-0.39, 0.29) is 0 Å². The highest BCUT2D eigenvalue weighted by Crippen LogP contribution is 2.23. The molecule has 0 aliphatic heterocycles. The molecule has 0 saturated heterocycles. The predicted molar refractivity (Wildman–Crippen MR) is 56.6 cm³/mol. The minimum absolute atomic E-state index is 0.482. The molecule has 2 aromatic heterocycles. The first-order valence-corrected chi connectivity index (χ1v) is 5.90. The van der Waals surface area contributed by atoms with Crippen LogP contribution in [0, 0.1) is 6.92 Å². The molecule has 0 aliphatic carbocycles. The van der Waals surface area contributed by atoms with Gasteiger partial charge in [0, 0.05) is 16.9 Å². The van der Waals surface area contributed by atoms with Crippen molar-refractivity contribution in [2.24, 2.45) is 0 Å². The maximum Gasteiger partial charge on any atom is 0.194 e. The lowest BCUT2D eigenvalue weighted by Crippen LogP contribution is -2.03. The van der Waals surface area contributed by atoms with Crippen molar-refractivity contribution in [2.45, 2.75) is 13.0 Å². The SMILES string of the molecule is Cc1nc2sccn2c1C(O)CBr. The Morgan fingerprint density at radius 3 is 3.23 bits per heavy atom. The fourth-order valence-electron chi connectivity index (χ4n) is 1.39. The molecule has 1 unspecified atom stereocenters. The summed E-state index contributed by atoms with van der Waals surface area (Å²) in [4.78, 5) is 5.28. The van der Waals surface area contributed by atoms with E-state index >= 15 is 0 Å². The minimum Gasteiger partial charge on any atom is -0.386 e. The Kier molecular flexibility index (Phi) is 2.40. The first-order chi connectivity index (χ1) is 6.24. The molecule has 2 aromatic rings. The van der Waals surface area contributed by atoms with Crippen LogP contribution in [-0.2, 0) is 0 Å². The van der Waals surface area contributed by atoms with Gasteiger partial charge in [0.15, 0.2) is 4.96 Å². The molecule has 0 spiro atoms. The molecular weight excluding hydrogens is 252 g/mol. The van der Waals surface area contributed by atoms with Crippen molar-refractivity contribution in [1.82, 2.24) is 9.38 Å². The second-order valence-corrected chi connectivity index (χ2v) is 4.33. The number of aliphatic hydroxyl groups is 1. The van der Waals surface area contributed by atoms with Crippen LogP contribution in [0.4, 0.5) is 0 Å². The van der Waals surface area contributed by atoms with Gasteiger partial charge >= 0.3 is 0 Å². The van der Waals surface area contributed by atoms with Crippen LogP contribution in [0.15, 0.2) is 11.6 Å². The summed E-state index contributed by atoms with van der Waals surface area (Å²) in [5, 5.41) is 12.2. The maximum absolute atomic E-state index is 9.71. The number of fused-ring (bicyclic) bond motifs is 1. The maximum atomic E-state index is 9.71. The van der Waals surface area contributed by atoms with Crippen molar-refractivity contribution in [2.75, 3.05) is 5.33 Å². The van der Waals surface area contributed by atoms with Crippen molar-refractivity contribution in [3.8, 4) is 0 Å². The highest BCUT2D eigenvalue weighted by Gasteiger charge is 2.16. The number of aliphatic hydroxyl groups excluding tert-OH is 1. The van der Waals surface area contributed by atoms with E-state index < -0.39 is 6.10 Å². The Bertz CT molecular complexity index is 423. The molecule has 0 aliphatic rings. The fourth-order valence-corrected chi connectivity index (χ4v) is 2.46. The average Bonchev–Trinajstić information content (AvgIpc) is 2.62. The monoisotopic (exact) mass is 260 g/mol. The van der Waals surface area contributed by atoms with Crippen LogP contribution in [0.5, 0.6) is 0 Å². The molecule has 0 saturated carbocycles. The van der Waals surface area contributed by atoms with E-state index in [1.54, 1.807) is 11.3 Å². The van der Waals surface area contributed by atoms with Crippen molar-refractivity contribution >= 4 is 32.2 Å². The summed E-state index contributed by atoms with van der Waals surface area (Å²) in [5.74, 6) is 0. The van der Waals surface area contributed by atoms with Gasteiger partial charge in [-0.2, -0.15) is 0 Å². The molecule has 2 heterocycles. The Hall–Kier alpha value is -0.390. The largest absolute Gasteiger partial charge is 0.386 e. The zero-order valence-electron chi connectivity index (χ0n) is 7.07. The first-order valence-electron chi connectivity index (χ1n) is 3.90. The molecule has 1 atom stereocenters. The Morgan fingerprint density at radius 2 is 2.54 bits per heavy atom. The van der Waals surface area contributed by atoms with E-state index in [1.807, 2.05) is 22.9 Å². The van der Waals surface area contributed by atoms with E-state index in [2.05, 4.69) is 20.9 Å². The number of halogens is 1. The van der Waals surface area contributed by atoms with Crippen LogP contribution >= 0.6 is 27.3 Å². The highest BCUT2D eigenvalue weighted by atomic mass is 79.9. The molecule has 13 heavy (non-hydrogen) atoms. The highest BCUT2D eigenvalue weighted by molar-refractivity contribution is 9.09. The molecular formula is C8H9BrN2OS. The van der Waals surface area contributed by atoms with Crippen molar-refractivity contribution in [3.05, 3.63) is 23.0 Å². The smallest absolute Gasteiger partial charge is 0.194 e. The number of hydrogen-bond acceptors (Lipinski definition) is 3. The summed E-state index contributed by atoms with van der Waals surface area (Å²) in [6.07, 6.45) is 1.45. The third-order valence-corrected chi connectivity index (χ3v) is 3.31. The molecule has 5 heteroatoms. The number of rotatable bonds is 2. The van der Waals surface area contributed by atoms with E-state index in [4.69, 9.17) is 0 Å². The van der Waals surface area contributed by atoms with Gasteiger partial charge in [0.2, 0.25) is 0 Å². The van der Waals surface area contributed by atoms with Crippen LogP contribution in [0.25, 0.3) is 4.96 Å². The summed E-state index contributed by atoms with van der Waals surface area (Å²) in [6.45, 7) is 1.92. The molecule has 1 N–H and O–H groups in total.